The molecule has 4 aliphatic heterocycles. The number of nitrogens with one attached hydrogen (secondary N) is 2. The number of carboxylic acids is 1. The molecule has 11 nitrogen and oxygen atoms in total. The molecule has 4 heterocycles. The lowest BCUT2D eigenvalue weighted by molar-refractivity contribution is -0.498. The zero-order valence-corrected chi connectivity index (χ0v) is 22.2. The van der Waals surface area contributed by atoms with Crippen molar-refractivity contribution in [1.29, 1.82) is 0 Å². The van der Waals surface area contributed by atoms with Gasteiger partial charge in [-0.05, 0) is 26.7 Å². The molecule has 36 heavy (non-hydrogen) atoms. The number of carbonyl (C=O) groups excluding carboxylic acids is 2. The highest BCUT2D eigenvalue weighted by molar-refractivity contribution is 8.00. The topological polar surface area (TPSA) is 175 Å². The number of amides is 2. The normalized spacial score (nSPS) is 45.2. The summed E-state index contributed by atoms with van der Waals surface area (Å²) in [5.41, 5.74) is -9.49. The lowest BCUT2D eigenvalue weighted by Gasteiger charge is -2.80. The molecule has 2 amide bonds. The molecule has 5 rings (SSSR count). The second-order valence-corrected chi connectivity index (χ2v) is 12.7. The number of carboxylic acid groups (broad SMARTS) is 1. The van der Waals surface area contributed by atoms with Gasteiger partial charge in [0.1, 0.15) is 23.4 Å². The summed E-state index contributed by atoms with van der Waals surface area (Å²) in [5, 5.41) is 49.7. The van der Waals surface area contributed by atoms with Gasteiger partial charge in [0.25, 0.3) is 0 Å². The van der Waals surface area contributed by atoms with Crippen molar-refractivity contribution in [1.82, 2.24) is 10.6 Å². The smallest absolute Gasteiger partial charge is 0.340 e. The quantitative estimate of drug-likeness (QED) is 0.139. The van der Waals surface area contributed by atoms with Crippen molar-refractivity contribution in [2.24, 2.45) is 11.3 Å². The van der Waals surface area contributed by atoms with Crippen molar-refractivity contribution in [3.8, 4) is 0 Å². The highest BCUT2D eigenvalue weighted by atomic mass is 32.2. The maximum atomic E-state index is 12.6. The van der Waals surface area contributed by atoms with Gasteiger partial charge in [0, 0.05) is 28.8 Å². The van der Waals surface area contributed by atoms with Crippen LogP contribution >= 0.6 is 11.8 Å². The molecule has 9 atom stereocenters. The van der Waals surface area contributed by atoms with Gasteiger partial charge in [-0.15, -0.1) is 0 Å². The summed E-state index contributed by atoms with van der Waals surface area (Å²) in [4.78, 5) is 36.6. The van der Waals surface area contributed by atoms with Crippen LogP contribution in [-0.4, -0.2) is 96.6 Å². The van der Waals surface area contributed by atoms with Gasteiger partial charge < -0.3 is 40.5 Å². The Hall–Kier alpha value is -1.60. The monoisotopic (exact) mass is 530 g/mol. The summed E-state index contributed by atoms with van der Waals surface area (Å²) < 4.78 is 11.4. The number of ether oxygens (including phenoxy) is 2. The van der Waals surface area contributed by atoms with E-state index in [1.165, 1.54) is 27.7 Å². The Morgan fingerprint density at radius 2 is 1.89 bits per heavy atom. The highest BCUT2D eigenvalue weighted by Crippen LogP contribution is 2.72. The predicted octanol–water partition coefficient (Wildman–Crippen LogP) is 0.387. The van der Waals surface area contributed by atoms with Gasteiger partial charge in [-0.25, -0.2) is 9.59 Å². The number of fused-ring (bicyclic) bond motifs is 3. The number of hydrogen-bond acceptors (Lipinski definition) is 9. The standard InChI is InChI=1S/C24H38N2O9S/c1-12-21(5)24(33,13(2)27)23(12,32)20(3,4)22(35-21,18(29)30)11-34-16(28)9-7-6-8-15-17-14(10-36-15)25-19(31)26-17/h12-15,17,27,32-33H,6-11H2,1-5H3,(H,29,30)(H2,25,26,31)/t12-,13?,14+,15?,17+,21?,22+,23?,24?/m1/s1. The molecule has 1 saturated carbocycles. The number of esters is 1. The van der Waals surface area contributed by atoms with Gasteiger partial charge in [0.15, 0.2) is 0 Å². The number of aliphatic hydroxyl groups is 3. The SMILES string of the molecule is CC(O)C1(O)C2(C)O[C@@](COC(=O)CCCCC3SC[C@@H]4NC(=O)N[C@H]34)(C(=O)O)C(C)(C)C1(O)[C@@H]2C. The zero-order chi connectivity index (χ0) is 26.9. The van der Waals surface area contributed by atoms with Crippen LogP contribution in [0.25, 0.3) is 0 Å². The second-order valence-electron chi connectivity index (χ2n) is 11.4. The maximum absolute atomic E-state index is 12.6. The van der Waals surface area contributed by atoms with Gasteiger partial charge in [-0.2, -0.15) is 11.8 Å². The van der Waals surface area contributed by atoms with Gasteiger partial charge >= 0.3 is 18.0 Å². The summed E-state index contributed by atoms with van der Waals surface area (Å²) in [6.07, 6.45) is 0.798. The van der Waals surface area contributed by atoms with Crippen molar-refractivity contribution in [2.75, 3.05) is 12.4 Å². The Labute approximate surface area is 214 Å². The Kier molecular flexibility index (Phi) is 6.65. The van der Waals surface area contributed by atoms with Crippen LogP contribution in [0.3, 0.4) is 0 Å². The van der Waals surface area contributed by atoms with Gasteiger partial charge in [0.05, 0.1) is 18.2 Å². The van der Waals surface area contributed by atoms with E-state index in [-0.39, 0.29) is 29.8 Å². The first-order valence-electron chi connectivity index (χ1n) is 12.5. The van der Waals surface area contributed by atoms with Crippen molar-refractivity contribution >= 4 is 29.7 Å². The van der Waals surface area contributed by atoms with E-state index in [2.05, 4.69) is 10.6 Å². The number of thioether (sulfide) groups is 1. The van der Waals surface area contributed by atoms with Crippen LogP contribution in [0.4, 0.5) is 4.79 Å². The number of unbranched alkanes of at least 4 members (excludes halogenated alkanes) is 1. The fraction of sp³-hybridized carbons (Fsp3) is 0.875. The fourth-order valence-electron chi connectivity index (χ4n) is 7.17. The molecular weight excluding hydrogens is 492 g/mol. The van der Waals surface area contributed by atoms with Crippen LogP contribution in [-0.2, 0) is 19.1 Å². The number of aliphatic hydroxyl groups excluding tert-OH is 1. The molecule has 0 aromatic heterocycles. The van der Waals surface area contributed by atoms with E-state index in [1.807, 2.05) is 0 Å². The van der Waals surface area contributed by atoms with Crippen molar-refractivity contribution in [2.45, 2.75) is 106 Å². The predicted molar refractivity (Wildman–Crippen MR) is 129 cm³/mol. The molecule has 0 aromatic carbocycles. The number of carbonyl (C=O) groups is 3. The molecule has 0 spiro atoms. The van der Waals surface area contributed by atoms with Crippen LogP contribution < -0.4 is 10.6 Å². The van der Waals surface area contributed by atoms with E-state index < -0.39 is 58.4 Å². The van der Waals surface area contributed by atoms with E-state index in [1.54, 1.807) is 18.7 Å². The fourth-order valence-corrected chi connectivity index (χ4v) is 8.71. The maximum Gasteiger partial charge on any atom is 0.340 e. The van der Waals surface area contributed by atoms with Crippen molar-refractivity contribution < 1.29 is 44.3 Å². The first-order valence-corrected chi connectivity index (χ1v) is 13.6. The third kappa shape index (κ3) is 3.30. The summed E-state index contributed by atoms with van der Waals surface area (Å²) in [7, 11) is 0. The van der Waals surface area contributed by atoms with Crippen LogP contribution in [0.1, 0.15) is 60.3 Å². The van der Waals surface area contributed by atoms with Crippen LogP contribution in [0.15, 0.2) is 0 Å². The van der Waals surface area contributed by atoms with Gasteiger partial charge in [-0.1, -0.05) is 27.2 Å². The summed E-state index contributed by atoms with van der Waals surface area (Å²) in [6.45, 7) is 6.66. The molecular formula is C24H38N2O9S. The Balaban J connectivity index is 1.37. The Morgan fingerprint density at radius 1 is 1.22 bits per heavy atom. The van der Waals surface area contributed by atoms with E-state index in [9.17, 15) is 34.8 Å². The van der Waals surface area contributed by atoms with E-state index in [0.717, 1.165) is 18.6 Å². The first kappa shape index (κ1) is 27.4. The molecule has 2 bridgehead atoms. The van der Waals surface area contributed by atoms with E-state index >= 15 is 0 Å². The van der Waals surface area contributed by atoms with Crippen LogP contribution in [0.5, 0.6) is 0 Å². The molecule has 5 aliphatic rings. The molecule has 4 saturated heterocycles. The number of rotatable bonds is 9. The minimum absolute atomic E-state index is 0.0851. The molecule has 12 heteroatoms. The first-order chi connectivity index (χ1) is 16.6. The van der Waals surface area contributed by atoms with E-state index in [4.69, 9.17) is 9.47 Å². The van der Waals surface area contributed by atoms with Gasteiger partial charge in [-0.3, -0.25) is 4.79 Å². The molecule has 0 aromatic rings. The van der Waals surface area contributed by atoms with Crippen molar-refractivity contribution in [3.05, 3.63) is 0 Å². The summed E-state index contributed by atoms with van der Waals surface area (Å²) in [5.74, 6) is -1.85. The average molecular weight is 531 g/mol. The Bertz CT molecular complexity index is 947. The molecule has 0 radical (unpaired) electrons. The van der Waals surface area contributed by atoms with Crippen molar-refractivity contribution in [3.63, 3.8) is 0 Å². The lowest BCUT2D eigenvalue weighted by Crippen LogP contribution is -2.98. The number of aliphatic carboxylic acids is 1. The third-order valence-electron chi connectivity index (χ3n) is 9.58. The Morgan fingerprint density at radius 3 is 2.50 bits per heavy atom. The number of urea groups is 1. The molecule has 1 aliphatic carbocycles. The minimum Gasteiger partial charge on any atom is -0.479 e. The van der Waals surface area contributed by atoms with Gasteiger partial charge in [0.2, 0.25) is 5.60 Å². The number of hydrogen-bond donors (Lipinski definition) is 6. The highest BCUT2D eigenvalue weighted by Gasteiger charge is 2.91. The molecule has 5 unspecified atom stereocenters. The van der Waals surface area contributed by atoms with Crippen LogP contribution in [0.2, 0.25) is 0 Å². The third-order valence-corrected chi connectivity index (χ3v) is 11.1. The van der Waals surface area contributed by atoms with E-state index in [0.29, 0.717) is 6.42 Å². The molecule has 5 fully saturated rings. The summed E-state index contributed by atoms with van der Waals surface area (Å²) in [6, 6.07) is 0.0916. The second kappa shape index (κ2) is 8.72. The zero-order valence-electron chi connectivity index (χ0n) is 21.4. The average Bonchev–Trinajstić information content (AvgIpc) is 3.35. The largest absolute Gasteiger partial charge is 0.479 e. The lowest BCUT2D eigenvalue weighted by atomic mass is 9.35. The molecule has 204 valence electrons. The van der Waals surface area contributed by atoms with Crippen LogP contribution in [0, 0.1) is 11.3 Å². The minimum atomic E-state index is -2.14. The molecule has 6 N–H and O–H groups in total. The summed E-state index contributed by atoms with van der Waals surface area (Å²) >= 11 is 1.79.